The van der Waals surface area contributed by atoms with Crippen molar-refractivity contribution >= 4 is 45.8 Å². The zero-order valence-electron chi connectivity index (χ0n) is 18.8. The molecular formula is C24H25F3IN3O3. The molecule has 2 saturated heterocycles. The van der Waals surface area contributed by atoms with Crippen molar-refractivity contribution in [2.24, 2.45) is 0 Å². The van der Waals surface area contributed by atoms with Crippen LogP contribution in [0, 0.1) is 21.0 Å². The van der Waals surface area contributed by atoms with Crippen LogP contribution < -0.4 is 5.32 Å². The molecule has 0 saturated carbocycles. The number of amides is 1. The van der Waals surface area contributed by atoms with E-state index in [1.807, 2.05) is 29.5 Å². The van der Waals surface area contributed by atoms with Gasteiger partial charge in [-0.1, -0.05) is 6.92 Å². The van der Waals surface area contributed by atoms with E-state index in [0.717, 1.165) is 32.0 Å². The molecule has 1 amide bonds. The highest BCUT2D eigenvalue weighted by Crippen LogP contribution is 2.39. The van der Waals surface area contributed by atoms with Gasteiger partial charge in [-0.2, -0.15) is 0 Å². The Labute approximate surface area is 209 Å². The third kappa shape index (κ3) is 4.61. The van der Waals surface area contributed by atoms with Gasteiger partial charge in [-0.05, 0) is 78.9 Å². The van der Waals surface area contributed by atoms with Crippen LogP contribution in [0.25, 0.3) is 0 Å². The van der Waals surface area contributed by atoms with E-state index in [0.29, 0.717) is 3.57 Å². The lowest BCUT2D eigenvalue weighted by atomic mass is 9.83. The second-order valence-corrected chi connectivity index (χ2v) is 9.88. The van der Waals surface area contributed by atoms with Crippen molar-refractivity contribution in [2.75, 3.05) is 31.5 Å². The largest absolute Gasteiger partial charge is 0.454 e. The number of hydrogen-bond donors (Lipinski definition) is 1. The molecule has 2 aromatic rings. The Balaban J connectivity index is 1.61. The number of ether oxygens (including phenoxy) is 1. The van der Waals surface area contributed by atoms with Gasteiger partial charge in [-0.15, -0.1) is 0 Å². The average molecular weight is 587 g/mol. The Morgan fingerprint density at radius 2 is 1.91 bits per heavy atom. The molecule has 2 fully saturated rings. The molecule has 0 spiro atoms. The highest BCUT2D eigenvalue weighted by atomic mass is 127. The summed E-state index contributed by atoms with van der Waals surface area (Å²) in [5.74, 6) is -4.08. The lowest BCUT2D eigenvalue weighted by molar-refractivity contribution is -0.186. The standard InChI is InChI=1S/C24H25F3IN3O3/c1-3-30-10-4-5-20(30)24(34-14(2)32)12-31(13-24)23(33)16-7-8-17(25)21(27)22(16)29-19-9-6-15(28)11-18(19)26/h6-9,11,20,29H,3-5,10,12-13H2,1-2H3. The summed E-state index contributed by atoms with van der Waals surface area (Å²) in [5, 5.41) is 2.55. The minimum absolute atomic E-state index is 0.0195. The molecule has 1 N–H and O–H groups in total. The molecule has 2 aromatic carbocycles. The molecule has 182 valence electrons. The number of nitrogens with zero attached hydrogens (tertiary/aromatic N) is 2. The molecule has 1 unspecified atom stereocenters. The van der Waals surface area contributed by atoms with Gasteiger partial charge in [-0.25, -0.2) is 13.2 Å². The summed E-state index contributed by atoms with van der Waals surface area (Å²) in [6.07, 6.45) is 1.81. The van der Waals surface area contributed by atoms with Gasteiger partial charge < -0.3 is 15.0 Å². The fraction of sp³-hybridized carbons (Fsp3) is 0.417. The first kappa shape index (κ1) is 24.8. The number of esters is 1. The summed E-state index contributed by atoms with van der Waals surface area (Å²) in [7, 11) is 0. The number of likely N-dealkylation sites (tertiary alicyclic amines) is 2. The molecule has 4 rings (SSSR count). The predicted octanol–water partition coefficient (Wildman–Crippen LogP) is 4.69. The van der Waals surface area contributed by atoms with Crippen molar-refractivity contribution in [2.45, 2.75) is 38.3 Å². The molecule has 1 atom stereocenters. The Bertz CT molecular complexity index is 1120. The minimum atomic E-state index is -1.27. The summed E-state index contributed by atoms with van der Waals surface area (Å²) in [6.45, 7) is 5.33. The Kier molecular flexibility index (Phi) is 7.09. The zero-order chi connectivity index (χ0) is 24.6. The van der Waals surface area contributed by atoms with Crippen molar-refractivity contribution < 1.29 is 27.5 Å². The number of hydrogen-bond acceptors (Lipinski definition) is 5. The summed E-state index contributed by atoms with van der Waals surface area (Å²) in [4.78, 5) is 28.9. The minimum Gasteiger partial charge on any atom is -0.454 e. The molecule has 34 heavy (non-hydrogen) atoms. The fourth-order valence-electron chi connectivity index (χ4n) is 4.92. The molecule has 0 aliphatic carbocycles. The molecule has 6 nitrogen and oxygen atoms in total. The van der Waals surface area contributed by atoms with Crippen LogP contribution in [-0.2, 0) is 9.53 Å². The quantitative estimate of drug-likeness (QED) is 0.393. The van der Waals surface area contributed by atoms with E-state index in [2.05, 4.69) is 10.2 Å². The first-order chi connectivity index (χ1) is 16.1. The van der Waals surface area contributed by atoms with Crippen molar-refractivity contribution in [3.8, 4) is 0 Å². The van der Waals surface area contributed by atoms with E-state index in [1.54, 1.807) is 6.07 Å². The predicted molar refractivity (Wildman–Crippen MR) is 129 cm³/mol. The number of benzene rings is 2. The molecule has 0 aromatic heterocycles. The van der Waals surface area contributed by atoms with Gasteiger partial charge in [0.1, 0.15) is 5.82 Å². The van der Waals surface area contributed by atoms with Crippen LogP contribution in [0.4, 0.5) is 24.5 Å². The highest BCUT2D eigenvalue weighted by molar-refractivity contribution is 14.1. The number of halogens is 4. The van der Waals surface area contributed by atoms with Gasteiger partial charge >= 0.3 is 5.97 Å². The molecule has 10 heteroatoms. The lowest BCUT2D eigenvalue weighted by Gasteiger charge is -2.53. The summed E-state index contributed by atoms with van der Waals surface area (Å²) in [5.41, 5.74) is -1.50. The van der Waals surface area contributed by atoms with Gasteiger partial charge in [0.2, 0.25) is 0 Å². The Morgan fingerprint density at radius 1 is 1.18 bits per heavy atom. The zero-order valence-corrected chi connectivity index (χ0v) is 21.0. The Morgan fingerprint density at radius 3 is 2.56 bits per heavy atom. The van der Waals surface area contributed by atoms with Gasteiger partial charge in [0.15, 0.2) is 17.2 Å². The maximum absolute atomic E-state index is 14.8. The fourth-order valence-corrected chi connectivity index (χ4v) is 5.37. The average Bonchev–Trinajstić information content (AvgIpc) is 3.24. The number of carbonyl (C=O) groups excluding carboxylic acids is 2. The van der Waals surface area contributed by atoms with E-state index in [1.165, 1.54) is 30.0 Å². The summed E-state index contributed by atoms with van der Waals surface area (Å²) in [6, 6.07) is 6.26. The third-order valence-electron chi connectivity index (χ3n) is 6.44. The van der Waals surface area contributed by atoms with Crippen LogP contribution in [0.2, 0.25) is 0 Å². The first-order valence-electron chi connectivity index (χ1n) is 11.1. The van der Waals surface area contributed by atoms with E-state index in [4.69, 9.17) is 4.74 Å². The van der Waals surface area contributed by atoms with Crippen molar-refractivity contribution in [3.05, 3.63) is 56.9 Å². The van der Waals surface area contributed by atoms with Crippen LogP contribution in [0.1, 0.15) is 37.0 Å². The SMILES string of the molecule is CCN1CCCC1C1(OC(C)=O)CN(C(=O)c2ccc(F)c(F)c2Nc2ccc(I)cc2F)C1. The number of likely N-dealkylation sites (N-methyl/N-ethyl adjacent to an activating group) is 1. The maximum atomic E-state index is 14.8. The molecule has 0 bridgehead atoms. The molecular weight excluding hydrogens is 562 g/mol. The molecule has 2 aliphatic heterocycles. The summed E-state index contributed by atoms with van der Waals surface area (Å²) >= 11 is 1.93. The van der Waals surface area contributed by atoms with Crippen molar-refractivity contribution in [1.29, 1.82) is 0 Å². The number of nitrogens with one attached hydrogen (secondary N) is 1. The summed E-state index contributed by atoms with van der Waals surface area (Å²) < 4.78 is 49.5. The van der Waals surface area contributed by atoms with Gasteiger partial charge in [0.05, 0.1) is 36.1 Å². The van der Waals surface area contributed by atoms with Crippen LogP contribution in [0.5, 0.6) is 0 Å². The van der Waals surface area contributed by atoms with E-state index in [9.17, 15) is 22.8 Å². The maximum Gasteiger partial charge on any atom is 0.303 e. The number of carbonyl (C=O) groups is 2. The van der Waals surface area contributed by atoms with Gasteiger partial charge in [-0.3, -0.25) is 14.5 Å². The van der Waals surface area contributed by atoms with Crippen molar-refractivity contribution in [3.63, 3.8) is 0 Å². The van der Waals surface area contributed by atoms with Gasteiger partial charge in [0, 0.05) is 10.5 Å². The van der Waals surface area contributed by atoms with Gasteiger partial charge in [0.25, 0.3) is 5.91 Å². The topological polar surface area (TPSA) is 61.9 Å². The van der Waals surface area contributed by atoms with Crippen LogP contribution in [-0.4, -0.2) is 59.5 Å². The Hall–Kier alpha value is -2.34. The second kappa shape index (κ2) is 9.73. The lowest BCUT2D eigenvalue weighted by Crippen LogP contribution is -2.72. The number of anilines is 2. The third-order valence-corrected chi connectivity index (χ3v) is 7.12. The monoisotopic (exact) mass is 587 g/mol. The van der Waals surface area contributed by atoms with Crippen LogP contribution in [0.15, 0.2) is 30.3 Å². The van der Waals surface area contributed by atoms with Crippen LogP contribution in [0.3, 0.4) is 0 Å². The molecule has 2 heterocycles. The molecule has 2 aliphatic rings. The van der Waals surface area contributed by atoms with E-state index < -0.39 is 40.6 Å². The first-order valence-corrected chi connectivity index (χ1v) is 12.2. The highest BCUT2D eigenvalue weighted by Gasteiger charge is 2.56. The van der Waals surface area contributed by atoms with E-state index in [-0.39, 0.29) is 30.4 Å². The van der Waals surface area contributed by atoms with Crippen molar-refractivity contribution in [1.82, 2.24) is 9.80 Å². The molecule has 0 radical (unpaired) electrons. The smallest absolute Gasteiger partial charge is 0.303 e. The second-order valence-electron chi connectivity index (χ2n) is 8.64. The number of rotatable bonds is 6. The van der Waals surface area contributed by atoms with E-state index >= 15 is 0 Å². The van der Waals surface area contributed by atoms with Crippen LogP contribution >= 0.6 is 22.6 Å². The normalized spacial score (nSPS) is 19.6.